The minimum Gasteiger partial charge on any atom is -0.378 e. The molecule has 0 saturated carbocycles. The zero-order valence-corrected chi connectivity index (χ0v) is 20.8. The number of thioether (sulfide) groups is 1. The second-order valence-electron chi connectivity index (χ2n) is 8.07. The maximum absolute atomic E-state index is 12.5. The first-order chi connectivity index (χ1) is 16.6. The summed E-state index contributed by atoms with van der Waals surface area (Å²) in [4.78, 5) is 17.1. The van der Waals surface area contributed by atoms with Gasteiger partial charge in [-0.25, -0.2) is 0 Å². The molecule has 1 aliphatic heterocycles. The lowest BCUT2D eigenvalue weighted by atomic mass is 10.2. The minimum absolute atomic E-state index is 0.0720. The van der Waals surface area contributed by atoms with Gasteiger partial charge < -0.3 is 24.4 Å². The van der Waals surface area contributed by atoms with Gasteiger partial charge in [0.25, 0.3) is 0 Å². The third-order valence-electron chi connectivity index (χ3n) is 5.95. The monoisotopic (exact) mass is 480 g/mol. The van der Waals surface area contributed by atoms with Crippen molar-refractivity contribution in [3.8, 4) is 11.4 Å². The van der Waals surface area contributed by atoms with Crippen molar-refractivity contribution in [3.63, 3.8) is 0 Å². The number of nitrogens with one attached hydrogen (secondary N) is 1. The highest BCUT2D eigenvalue weighted by atomic mass is 32.2. The summed E-state index contributed by atoms with van der Waals surface area (Å²) in [5, 5.41) is 12.3. The number of hydrogen-bond acceptors (Lipinski definition) is 7. The molecule has 1 saturated heterocycles. The Morgan fingerprint density at radius 2 is 1.71 bits per heavy atom. The van der Waals surface area contributed by atoms with E-state index in [4.69, 9.17) is 4.74 Å². The first kappa shape index (κ1) is 24.1. The molecular formula is C25H32N6O2S. The Bertz CT molecular complexity index is 1070. The topological polar surface area (TPSA) is 75.5 Å². The summed E-state index contributed by atoms with van der Waals surface area (Å²) in [5.74, 6) is 0.975. The molecule has 8 nitrogen and oxygen atoms in total. The van der Waals surface area contributed by atoms with Gasteiger partial charge in [0.15, 0.2) is 11.0 Å². The molecule has 2 heterocycles. The molecule has 9 heteroatoms. The van der Waals surface area contributed by atoms with Gasteiger partial charge in [-0.1, -0.05) is 11.8 Å². The fourth-order valence-electron chi connectivity index (χ4n) is 4.01. The number of ether oxygens (including phenoxy) is 1. The number of carbonyl (C=O) groups is 1. The molecule has 4 rings (SSSR count). The van der Waals surface area contributed by atoms with Crippen molar-refractivity contribution < 1.29 is 9.53 Å². The maximum atomic E-state index is 12.5. The SMILES string of the molecule is CCN(CC)c1ccc(-c2nnc(SCC(=O)Nc3ccc(N4CCOCC4)cc3)n2C)cc1. The lowest BCUT2D eigenvalue weighted by Crippen LogP contribution is -2.36. The molecule has 3 aromatic rings. The second-order valence-corrected chi connectivity index (χ2v) is 9.01. The van der Waals surface area contributed by atoms with E-state index < -0.39 is 0 Å². The van der Waals surface area contributed by atoms with E-state index in [-0.39, 0.29) is 11.7 Å². The molecular weight excluding hydrogens is 448 g/mol. The molecule has 0 unspecified atom stereocenters. The summed E-state index contributed by atoms with van der Waals surface area (Å²) < 4.78 is 7.34. The van der Waals surface area contributed by atoms with Crippen molar-refractivity contribution >= 4 is 34.7 Å². The molecule has 1 amide bonds. The fourth-order valence-corrected chi connectivity index (χ4v) is 4.72. The molecule has 1 fully saturated rings. The van der Waals surface area contributed by atoms with E-state index >= 15 is 0 Å². The molecule has 0 bridgehead atoms. The maximum Gasteiger partial charge on any atom is 0.234 e. The number of rotatable bonds is 9. The van der Waals surface area contributed by atoms with Crippen molar-refractivity contribution in [1.82, 2.24) is 14.8 Å². The highest BCUT2D eigenvalue weighted by Crippen LogP contribution is 2.25. The van der Waals surface area contributed by atoms with Gasteiger partial charge in [-0.2, -0.15) is 0 Å². The van der Waals surface area contributed by atoms with Crippen LogP contribution in [0.5, 0.6) is 0 Å². The van der Waals surface area contributed by atoms with Gasteiger partial charge in [-0.15, -0.1) is 10.2 Å². The molecule has 0 aliphatic carbocycles. The summed E-state index contributed by atoms with van der Waals surface area (Å²) in [6.07, 6.45) is 0. The smallest absolute Gasteiger partial charge is 0.234 e. The average molecular weight is 481 g/mol. The van der Waals surface area contributed by atoms with Crippen LogP contribution < -0.4 is 15.1 Å². The van der Waals surface area contributed by atoms with E-state index in [2.05, 4.69) is 63.4 Å². The van der Waals surface area contributed by atoms with Crippen molar-refractivity contribution in [1.29, 1.82) is 0 Å². The molecule has 1 aromatic heterocycles. The van der Waals surface area contributed by atoms with Gasteiger partial charge in [0.2, 0.25) is 5.91 Å². The lowest BCUT2D eigenvalue weighted by molar-refractivity contribution is -0.113. The fraction of sp³-hybridized carbons (Fsp3) is 0.400. The molecule has 0 radical (unpaired) electrons. The van der Waals surface area contributed by atoms with Gasteiger partial charge in [-0.05, 0) is 62.4 Å². The van der Waals surface area contributed by atoms with E-state index in [1.807, 2.05) is 35.9 Å². The van der Waals surface area contributed by atoms with Crippen LogP contribution in [0.25, 0.3) is 11.4 Å². The van der Waals surface area contributed by atoms with Gasteiger partial charge in [0.1, 0.15) is 0 Å². The second kappa shape index (κ2) is 11.4. The molecule has 1 aliphatic rings. The number of benzene rings is 2. The Morgan fingerprint density at radius 3 is 2.35 bits per heavy atom. The van der Waals surface area contributed by atoms with E-state index in [0.717, 1.165) is 62.2 Å². The van der Waals surface area contributed by atoms with E-state index in [9.17, 15) is 4.79 Å². The largest absolute Gasteiger partial charge is 0.378 e. The average Bonchev–Trinajstić information content (AvgIpc) is 3.25. The number of carbonyl (C=O) groups excluding carboxylic acids is 1. The number of nitrogens with zero attached hydrogens (tertiary/aromatic N) is 5. The van der Waals surface area contributed by atoms with Crippen molar-refractivity contribution in [2.45, 2.75) is 19.0 Å². The van der Waals surface area contributed by atoms with E-state index in [1.54, 1.807) is 0 Å². The van der Waals surface area contributed by atoms with Gasteiger partial charge in [0, 0.05) is 55.9 Å². The number of morpholine rings is 1. The van der Waals surface area contributed by atoms with Gasteiger partial charge in [-0.3, -0.25) is 4.79 Å². The lowest BCUT2D eigenvalue weighted by Gasteiger charge is -2.28. The Kier molecular flexibility index (Phi) is 8.08. The summed E-state index contributed by atoms with van der Waals surface area (Å²) in [7, 11) is 1.93. The van der Waals surface area contributed by atoms with Crippen LogP contribution in [0.15, 0.2) is 53.7 Å². The summed E-state index contributed by atoms with van der Waals surface area (Å²) >= 11 is 1.38. The Hall–Kier alpha value is -3.04. The molecule has 0 atom stereocenters. The first-order valence-corrected chi connectivity index (χ1v) is 12.7. The van der Waals surface area contributed by atoms with E-state index in [0.29, 0.717) is 5.16 Å². The van der Waals surface area contributed by atoms with Crippen LogP contribution in [-0.4, -0.2) is 65.8 Å². The van der Waals surface area contributed by atoms with Crippen molar-refractivity contribution in [2.75, 3.05) is 60.3 Å². The quantitative estimate of drug-likeness (QED) is 0.466. The van der Waals surface area contributed by atoms with Crippen LogP contribution >= 0.6 is 11.8 Å². The Balaban J connectivity index is 1.32. The number of hydrogen-bond donors (Lipinski definition) is 1. The summed E-state index contributed by atoms with van der Waals surface area (Å²) in [6.45, 7) is 9.54. The molecule has 34 heavy (non-hydrogen) atoms. The predicted octanol–water partition coefficient (Wildman–Crippen LogP) is 3.90. The molecule has 180 valence electrons. The molecule has 1 N–H and O–H groups in total. The van der Waals surface area contributed by atoms with Crippen LogP contribution in [0.1, 0.15) is 13.8 Å². The standard InChI is InChI=1S/C25H32N6O2S/c1-4-30(5-2)21-10-6-19(7-11-21)24-27-28-25(29(24)3)34-18-23(32)26-20-8-12-22(13-9-20)31-14-16-33-17-15-31/h6-13H,4-5,14-18H2,1-3H3,(H,26,32). The third-order valence-corrected chi connectivity index (χ3v) is 6.97. The molecule has 2 aromatic carbocycles. The predicted molar refractivity (Wildman–Crippen MR) is 139 cm³/mol. The van der Waals surface area contributed by atoms with Crippen molar-refractivity contribution in [3.05, 3.63) is 48.5 Å². The van der Waals surface area contributed by atoms with Crippen molar-refractivity contribution in [2.24, 2.45) is 7.05 Å². The zero-order valence-electron chi connectivity index (χ0n) is 20.0. The van der Waals surface area contributed by atoms with Crippen LogP contribution in [-0.2, 0) is 16.6 Å². The highest BCUT2D eigenvalue weighted by Gasteiger charge is 2.14. The number of amides is 1. The normalized spacial score (nSPS) is 13.7. The highest BCUT2D eigenvalue weighted by molar-refractivity contribution is 7.99. The van der Waals surface area contributed by atoms with Crippen LogP contribution in [0, 0.1) is 0 Å². The van der Waals surface area contributed by atoms with Crippen LogP contribution in [0.4, 0.5) is 17.1 Å². The van der Waals surface area contributed by atoms with Crippen LogP contribution in [0.2, 0.25) is 0 Å². The summed E-state index contributed by atoms with van der Waals surface area (Å²) in [5.41, 5.74) is 4.13. The van der Waals surface area contributed by atoms with Crippen LogP contribution in [0.3, 0.4) is 0 Å². The van der Waals surface area contributed by atoms with Gasteiger partial charge >= 0.3 is 0 Å². The third kappa shape index (κ3) is 5.71. The number of anilines is 3. The Morgan fingerprint density at radius 1 is 1.03 bits per heavy atom. The molecule has 0 spiro atoms. The number of aromatic nitrogens is 3. The Labute approximate surface area is 205 Å². The van der Waals surface area contributed by atoms with E-state index in [1.165, 1.54) is 17.4 Å². The van der Waals surface area contributed by atoms with Gasteiger partial charge in [0.05, 0.1) is 19.0 Å². The minimum atomic E-state index is -0.0720. The zero-order chi connectivity index (χ0) is 23.9. The first-order valence-electron chi connectivity index (χ1n) is 11.7. The summed E-state index contributed by atoms with van der Waals surface area (Å²) in [6, 6.07) is 16.3.